The number of nitrogens with zero attached hydrogens (tertiary/aromatic N) is 3. The minimum absolute atomic E-state index is 0.158. The van der Waals surface area contributed by atoms with Crippen molar-refractivity contribution in [2.75, 3.05) is 6.54 Å². The number of hydrogen-bond donors (Lipinski definition) is 0. The van der Waals surface area contributed by atoms with E-state index in [0.29, 0.717) is 23.8 Å². The van der Waals surface area contributed by atoms with Gasteiger partial charge in [0.15, 0.2) is 11.5 Å². The molecule has 0 aliphatic carbocycles. The molecular weight excluding hydrogens is 294 g/mol. The number of aryl methyl sites for hydroxylation is 3. The molecule has 0 saturated carbocycles. The summed E-state index contributed by atoms with van der Waals surface area (Å²) in [6.45, 7) is 5.51. The zero-order chi connectivity index (χ0) is 15.2. The van der Waals surface area contributed by atoms with Gasteiger partial charge in [-0.2, -0.15) is 4.31 Å². The van der Waals surface area contributed by atoms with Gasteiger partial charge in [-0.25, -0.2) is 8.42 Å². The topological polar surface area (TPSA) is 89.4 Å². The second kappa shape index (κ2) is 4.96. The predicted octanol–water partition coefficient (Wildman–Crippen LogP) is 2.11. The summed E-state index contributed by atoms with van der Waals surface area (Å²) in [6.07, 6.45) is 1.50. The lowest BCUT2D eigenvalue weighted by Gasteiger charge is -2.21. The Morgan fingerprint density at radius 2 is 2.00 bits per heavy atom. The highest BCUT2D eigenvalue weighted by molar-refractivity contribution is 7.89. The molecule has 2 aromatic heterocycles. The van der Waals surface area contributed by atoms with Crippen LogP contribution in [0, 0.1) is 20.8 Å². The average molecular weight is 311 g/mol. The monoisotopic (exact) mass is 311 g/mol. The van der Waals surface area contributed by atoms with Crippen molar-refractivity contribution < 1.29 is 17.5 Å². The van der Waals surface area contributed by atoms with Crippen LogP contribution in [0.25, 0.3) is 0 Å². The van der Waals surface area contributed by atoms with Crippen LogP contribution in [0.2, 0.25) is 0 Å². The van der Waals surface area contributed by atoms with Crippen LogP contribution in [0.5, 0.6) is 0 Å². The molecule has 0 amide bonds. The van der Waals surface area contributed by atoms with Crippen molar-refractivity contribution >= 4 is 10.0 Å². The van der Waals surface area contributed by atoms with E-state index in [2.05, 4.69) is 10.3 Å². The Kier molecular flexibility index (Phi) is 3.37. The van der Waals surface area contributed by atoms with Crippen LogP contribution in [-0.4, -0.2) is 29.6 Å². The van der Waals surface area contributed by atoms with Gasteiger partial charge in [0.25, 0.3) is 0 Å². The highest BCUT2D eigenvalue weighted by atomic mass is 32.2. The second-order valence-electron chi connectivity index (χ2n) is 5.30. The Morgan fingerprint density at radius 1 is 1.24 bits per heavy atom. The third kappa shape index (κ3) is 2.28. The van der Waals surface area contributed by atoms with Crippen molar-refractivity contribution in [3.05, 3.63) is 29.0 Å². The van der Waals surface area contributed by atoms with Crippen LogP contribution in [0.15, 0.2) is 20.0 Å². The molecule has 1 aliphatic heterocycles. The van der Waals surface area contributed by atoms with Gasteiger partial charge in [-0.3, -0.25) is 0 Å². The zero-order valence-corrected chi connectivity index (χ0v) is 13.0. The van der Waals surface area contributed by atoms with E-state index >= 15 is 0 Å². The van der Waals surface area contributed by atoms with E-state index in [9.17, 15) is 8.42 Å². The molecule has 3 heterocycles. The molecule has 1 unspecified atom stereocenters. The van der Waals surface area contributed by atoms with Gasteiger partial charge in [0.2, 0.25) is 10.0 Å². The lowest BCUT2D eigenvalue weighted by molar-refractivity contribution is 0.296. The molecule has 0 bridgehead atoms. The minimum atomic E-state index is -3.66. The molecule has 8 heteroatoms. The third-order valence-electron chi connectivity index (χ3n) is 3.71. The van der Waals surface area contributed by atoms with E-state index in [4.69, 9.17) is 9.05 Å². The van der Waals surface area contributed by atoms with Crippen molar-refractivity contribution in [1.29, 1.82) is 0 Å². The maximum absolute atomic E-state index is 12.9. The Bertz CT molecular complexity index is 743. The zero-order valence-electron chi connectivity index (χ0n) is 12.2. The van der Waals surface area contributed by atoms with Crippen LogP contribution in [-0.2, 0) is 10.0 Å². The quantitative estimate of drug-likeness (QED) is 0.862. The molecule has 1 atom stereocenters. The molecule has 1 fully saturated rings. The van der Waals surface area contributed by atoms with Gasteiger partial charge in [0.05, 0.1) is 11.7 Å². The van der Waals surface area contributed by atoms with Crippen LogP contribution in [0.4, 0.5) is 0 Å². The smallest absolute Gasteiger partial charge is 0.249 e. The van der Waals surface area contributed by atoms with Crippen molar-refractivity contribution in [3.63, 3.8) is 0 Å². The fraction of sp³-hybridized carbons (Fsp3) is 0.538. The van der Waals surface area contributed by atoms with E-state index in [0.717, 1.165) is 18.5 Å². The van der Waals surface area contributed by atoms with Crippen molar-refractivity contribution in [2.45, 2.75) is 44.6 Å². The summed E-state index contributed by atoms with van der Waals surface area (Å²) in [6, 6.07) is 1.47. The summed E-state index contributed by atoms with van der Waals surface area (Å²) in [5, 5.41) is 7.59. The van der Waals surface area contributed by atoms with E-state index in [1.165, 1.54) is 4.31 Å². The predicted molar refractivity (Wildman–Crippen MR) is 73.1 cm³/mol. The summed E-state index contributed by atoms with van der Waals surface area (Å²) < 4.78 is 37.5. The summed E-state index contributed by atoms with van der Waals surface area (Å²) >= 11 is 0. The first kappa shape index (κ1) is 14.3. The number of hydrogen-bond acceptors (Lipinski definition) is 6. The van der Waals surface area contributed by atoms with Crippen LogP contribution >= 0.6 is 0 Å². The molecule has 2 aromatic rings. The summed E-state index contributed by atoms with van der Waals surface area (Å²) in [5.74, 6) is 0.896. The van der Waals surface area contributed by atoms with Crippen LogP contribution < -0.4 is 0 Å². The molecule has 21 heavy (non-hydrogen) atoms. The first-order chi connectivity index (χ1) is 9.91. The Morgan fingerprint density at radius 3 is 2.57 bits per heavy atom. The Balaban J connectivity index is 2.02. The summed E-state index contributed by atoms with van der Waals surface area (Å²) in [5.41, 5.74) is 1.12. The highest BCUT2D eigenvalue weighted by Crippen LogP contribution is 2.38. The minimum Gasteiger partial charge on any atom is -0.360 e. The molecule has 7 nitrogen and oxygen atoms in total. The first-order valence-electron chi connectivity index (χ1n) is 6.79. The largest absolute Gasteiger partial charge is 0.360 e. The van der Waals surface area contributed by atoms with Gasteiger partial charge < -0.3 is 9.05 Å². The SMILES string of the molecule is Cc1cc(C2CCCN2S(=O)(=O)c2c(C)noc2C)on1. The van der Waals surface area contributed by atoms with Gasteiger partial charge >= 0.3 is 0 Å². The van der Waals surface area contributed by atoms with Gasteiger partial charge in [-0.05, 0) is 33.6 Å². The lowest BCUT2D eigenvalue weighted by atomic mass is 10.2. The third-order valence-corrected chi connectivity index (χ3v) is 5.87. The normalized spacial score (nSPS) is 20.2. The van der Waals surface area contributed by atoms with Crippen LogP contribution in [0.3, 0.4) is 0 Å². The maximum atomic E-state index is 12.9. The fourth-order valence-electron chi connectivity index (χ4n) is 2.81. The molecule has 3 rings (SSSR count). The number of rotatable bonds is 3. The Hall–Kier alpha value is -1.67. The molecular formula is C13H17N3O4S. The molecule has 0 radical (unpaired) electrons. The molecule has 1 saturated heterocycles. The standard InChI is InChI=1S/C13H17N3O4S/c1-8-7-12(20-14-8)11-5-4-6-16(11)21(17,18)13-9(2)15-19-10(13)3/h7,11H,4-6H2,1-3H3. The van der Waals surface area contributed by atoms with E-state index in [1.807, 2.05) is 6.92 Å². The van der Waals surface area contributed by atoms with Crippen molar-refractivity contribution in [1.82, 2.24) is 14.6 Å². The summed E-state index contributed by atoms with van der Waals surface area (Å²) in [4.78, 5) is 0.158. The fourth-order valence-corrected chi connectivity index (χ4v) is 4.77. The van der Waals surface area contributed by atoms with Crippen molar-refractivity contribution in [2.24, 2.45) is 0 Å². The molecule has 0 N–H and O–H groups in total. The average Bonchev–Trinajstić information content (AvgIpc) is 3.09. The van der Waals surface area contributed by atoms with Gasteiger partial charge in [0.1, 0.15) is 10.6 Å². The van der Waals surface area contributed by atoms with Crippen molar-refractivity contribution in [3.8, 4) is 0 Å². The number of aromatic nitrogens is 2. The molecule has 0 aromatic carbocycles. The Labute approximate surface area is 122 Å². The van der Waals surface area contributed by atoms with Gasteiger partial charge in [-0.15, -0.1) is 0 Å². The van der Waals surface area contributed by atoms with E-state index in [1.54, 1.807) is 19.9 Å². The second-order valence-corrected chi connectivity index (χ2v) is 7.13. The van der Waals surface area contributed by atoms with Crippen LogP contribution in [0.1, 0.15) is 41.8 Å². The van der Waals surface area contributed by atoms with Gasteiger partial charge in [-0.1, -0.05) is 10.3 Å². The lowest BCUT2D eigenvalue weighted by Crippen LogP contribution is -2.31. The summed E-state index contributed by atoms with van der Waals surface area (Å²) in [7, 11) is -3.66. The molecule has 0 spiro atoms. The first-order valence-corrected chi connectivity index (χ1v) is 8.23. The van der Waals surface area contributed by atoms with E-state index < -0.39 is 10.0 Å². The maximum Gasteiger partial charge on any atom is 0.249 e. The molecule has 114 valence electrons. The van der Waals surface area contributed by atoms with E-state index in [-0.39, 0.29) is 10.9 Å². The van der Waals surface area contributed by atoms with Gasteiger partial charge in [0, 0.05) is 12.6 Å². The highest BCUT2D eigenvalue weighted by Gasteiger charge is 2.40. The molecule has 1 aliphatic rings. The number of sulfonamides is 1.